The average molecular weight is 304 g/mol. The predicted octanol–water partition coefficient (Wildman–Crippen LogP) is 2.16. The first-order valence-electron chi connectivity index (χ1n) is 5.24. The summed E-state index contributed by atoms with van der Waals surface area (Å²) in [6.07, 6.45) is 0. The summed E-state index contributed by atoms with van der Waals surface area (Å²) in [5.41, 5.74) is 0.0113. The second kappa shape index (κ2) is 5.00. The average Bonchev–Trinajstić information content (AvgIpc) is 2.62. The molecule has 92 valence electrons. The molecule has 0 saturated carbocycles. The fraction of sp³-hybridized carbons (Fsp3) is 0.364. The molecule has 0 aromatic heterocycles. The van der Waals surface area contributed by atoms with Crippen LogP contribution in [0.25, 0.3) is 0 Å². The standard InChI is InChI=1S/C11H12BrF2N3/c1-6-4-15-11(17-6)16-5-8-9(13)2-7(12)3-10(8)14/h2-3,6H,4-5H2,1H3,(H2,15,16,17). The van der Waals surface area contributed by atoms with Gasteiger partial charge in [0.1, 0.15) is 11.6 Å². The number of halogens is 3. The van der Waals surface area contributed by atoms with Gasteiger partial charge in [0.15, 0.2) is 5.96 Å². The van der Waals surface area contributed by atoms with Gasteiger partial charge in [0.2, 0.25) is 0 Å². The molecule has 0 aliphatic carbocycles. The molecule has 1 aliphatic heterocycles. The van der Waals surface area contributed by atoms with Crippen molar-refractivity contribution in [3.63, 3.8) is 0 Å². The molecule has 1 heterocycles. The molecule has 1 aromatic rings. The van der Waals surface area contributed by atoms with Gasteiger partial charge in [-0.1, -0.05) is 15.9 Å². The molecule has 0 radical (unpaired) electrons. The highest BCUT2D eigenvalue weighted by Crippen LogP contribution is 2.19. The Morgan fingerprint density at radius 1 is 1.47 bits per heavy atom. The van der Waals surface area contributed by atoms with Gasteiger partial charge < -0.3 is 10.6 Å². The lowest BCUT2D eigenvalue weighted by Gasteiger charge is -2.10. The number of rotatable bonds is 2. The van der Waals surface area contributed by atoms with E-state index in [4.69, 9.17) is 0 Å². The lowest BCUT2D eigenvalue weighted by Crippen LogP contribution is -2.37. The van der Waals surface area contributed by atoms with E-state index in [0.29, 0.717) is 17.0 Å². The minimum atomic E-state index is -0.573. The van der Waals surface area contributed by atoms with E-state index in [1.54, 1.807) is 0 Å². The van der Waals surface area contributed by atoms with Gasteiger partial charge in [-0.2, -0.15) is 0 Å². The lowest BCUT2D eigenvalue weighted by molar-refractivity contribution is 0.549. The third-order valence-electron chi connectivity index (χ3n) is 2.44. The normalized spacial score (nSPS) is 18.8. The largest absolute Gasteiger partial charge is 0.352 e. The van der Waals surface area contributed by atoms with Crippen LogP contribution in [0.15, 0.2) is 21.6 Å². The molecule has 0 amide bonds. The molecule has 1 aromatic carbocycles. The Labute approximate surface area is 106 Å². The van der Waals surface area contributed by atoms with Crippen molar-refractivity contribution < 1.29 is 8.78 Å². The maximum absolute atomic E-state index is 13.5. The molecule has 1 atom stereocenters. The van der Waals surface area contributed by atoms with E-state index in [9.17, 15) is 8.78 Å². The lowest BCUT2D eigenvalue weighted by atomic mass is 10.2. The number of benzene rings is 1. The molecule has 0 spiro atoms. The molecule has 2 rings (SSSR count). The third kappa shape index (κ3) is 2.94. The van der Waals surface area contributed by atoms with Crippen LogP contribution in [-0.2, 0) is 6.54 Å². The Kier molecular flexibility index (Phi) is 3.61. The van der Waals surface area contributed by atoms with Crippen LogP contribution in [-0.4, -0.2) is 18.5 Å². The molecular weight excluding hydrogens is 292 g/mol. The molecule has 0 saturated heterocycles. The molecule has 1 aliphatic rings. The highest BCUT2D eigenvalue weighted by atomic mass is 79.9. The number of hydrogen-bond donors (Lipinski definition) is 2. The molecule has 1 unspecified atom stereocenters. The maximum Gasteiger partial charge on any atom is 0.191 e. The van der Waals surface area contributed by atoms with Crippen LogP contribution in [0.4, 0.5) is 8.78 Å². The number of nitrogens with one attached hydrogen (secondary N) is 2. The zero-order chi connectivity index (χ0) is 12.4. The molecular formula is C11H12BrF2N3. The highest BCUT2D eigenvalue weighted by molar-refractivity contribution is 9.10. The summed E-state index contributed by atoms with van der Waals surface area (Å²) in [5.74, 6) is -0.564. The molecule has 6 heteroatoms. The van der Waals surface area contributed by atoms with Crippen LogP contribution >= 0.6 is 15.9 Å². The van der Waals surface area contributed by atoms with Gasteiger partial charge in [0, 0.05) is 22.6 Å². The van der Waals surface area contributed by atoms with Gasteiger partial charge >= 0.3 is 0 Å². The van der Waals surface area contributed by atoms with Crippen molar-refractivity contribution in [2.75, 3.05) is 6.54 Å². The van der Waals surface area contributed by atoms with E-state index < -0.39 is 11.6 Å². The van der Waals surface area contributed by atoms with E-state index in [-0.39, 0.29) is 18.2 Å². The van der Waals surface area contributed by atoms with Crippen LogP contribution in [0.1, 0.15) is 12.5 Å². The van der Waals surface area contributed by atoms with E-state index in [1.165, 1.54) is 12.1 Å². The number of guanidine groups is 1. The van der Waals surface area contributed by atoms with Crippen molar-refractivity contribution in [2.24, 2.45) is 4.99 Å². The summed E-state index contributed by atoms with van der Waals surface area (Å²) < 4.78 is 27.4. The van der Waals surface area contributed by atoms with Crippen molar-refractivity contribution in [3.8, 4) is 0 Å². The SMILES string of the molecule is CC1CN=C(NCc2c(F)cc(Br)cc2F)N1. The highest BCUT2D eigenvalue weighted by Gasteiger charge is 2.14. The fourth-order valence-electron chi connectivity index (χ4n) is 1.57. The Hall–Kier alpha value is -1.17. The first-order valence-corrected chi connectivity index (χ1v) is 6.04. The van der Waals surface area contributed by atoms with Crippen LogP contribution in [0.3, 0.4) is 0 Å². The smallest absolute Gasteiger partial charge is 0.191 e. The maximum atomic E-state index is 13.5. The number of hydrogen-bond acceptors (Lipinski definition) is 3. The van der Waals surface area contributed by atoms with E-state index in [1.807, 2.05) is 6.92 Å². The summed E-state index contributed by atoms with van der Waals surface area (Å²) in [6.45, 7) is 2.73. The van der Waals surface area contributed by atoms with E-state index >= 15 is 0 Å². The monoisotopic (exact) mass is 303 g/mol. The molecule has 17 heavy (non-hydrogen) atoms. The Bertz CT molecular complexity index is 439. The zero-order valence-electron chi connectivity index (χ0n) is 9.23. The van der Waals surface area contributed by atoms with Gasteiger partial charge in [-0.05, 0) is 19.1 Å². The van der Waals surface area contributed by atoms with Gasteiger partial charge in [0.25, 0.3) is 0 Å². The summed E-state index contributed by atoms with van der Waals surface area (Å²) in [5, 5.41) is 5.93. The number of aliphatic imine (C=N–C) groups is 1. The molecule has 0 fully saturated rings. The second-order valence-corrected chi connectivity index (χ2v) is 4.85. The first kappa shape index (κ1) is 12.3. The van der Waals surface area contributed by atoms with Crippen LogP contribution in [0.5, 0.6) is 0 Å². The van der Waals surface area contributed by atoms with Crippen LogP contribution in [0.2, 0.25) is 0 Å². The van der Waals surface area contributed by atoms with E-state index in [2.05, 4.69) is 31.6 Å². The third-order valence-corrected chi connectivity index (χ3v) is 2.90. The van der Waals surface area contributed by atoms with Crippen molar-refractivity contribution in [1.29, 1.82) is 0 Å². The Morgan fingerprint density at radius 2 is 2.12 bits per heavy atom. The quantitative estimate of drug-likeness (QED) is 0.878. The van der Waals surface area contributed by atoms with Crippen molar-refractivity contribution in [1.82, 2.24) is 10.6 Å². The summed E-state index contributed by atoms with van der Waals surface area (Å²) in [6, 6.07) is 2.75. The summed E-state index contributed by atoms with van der Waals surface area (Å²) >= 11 is 3.04. The van der Waals surface area contributed by atoms with Crippen LogP contribution in [0, 0.1) is 11.6 Å². The number of nitrogens with zero attached hydrogens (tertiary/aromatic N) is 1. The zero-order valence-corrected chi connectivity index (χ0v) is 10.8. The van der Waals surface area contributed by atoms with Gasteiger partial charge in [-0.3, -0.25) is 4.99 Å². The van der Waals surface area contributed by atoms with Crippen LogP contribution < -0.4 is 10.6 Å². The van der Waals surface area contributed by atoms with Crippen molar-refractivity contribution >= 4 is 21.9 Å². The van der Waals surface area contributed by atoms with Gasteiger partial charge in [0.05, 0.1) is 6.54 Å². The Morgan fingerprint density at radius 3 is 2.65 bits per heavy atom. The predicted molar refractivity (Wildman–Crippen MR) is 65.8 cm³/mol. The van der Waals surface area contributed by atoms with Crippen molar-refractivity contribution in [3.05, 3.63) is 33.8 Å². The second-order valence-electron chi connectivity index (χ2n) is 3.94. The Balaban J connectivity index is 2.04. The summed E-state index contributed by atoms with van der Waals surface area (Å²) in [7, 11) is 0. The summed E-state index contributed by atoms with van der Waals surface area (Å²) in [4.78, 5) is 4.15. The minimum Gasteiger partial charge on any atom is -0.352 e. The first-order chi connectivity index (χ1) is 8.06. The molecule has 0 bridgehead atoms. The minimum absolute atomic E-state index is 0.0113. The van der Waals surface area contributed by atoms with Gasteiger partial charge in [-0.15, -0.1) is 0 Å². The van der Waals surface area contributed by atoms with Crippen molar-refractivity contribution in [2.45, 2.75) is 19.5 Å². The fourth-order valence-corrected chi connectivity index (χ4v) is 1.97. The topological polar surface area (TPSA) is 36.4 Å². The molecule has 2 N–H and O–H groups in total. The van der Waals surface area contributed by atoms with Gasteiger partial charge in [-0.25, -0.2) is 8.78 Å². The molecule has 3 nitrogen and oxygen atoms in total. The van der Waals surface area contributed by atoms with E-state index in [0.717, 1.165) is 0 Å².